The molecule has 30 nitrogen and oxygen atoms in total. The number of aliphatic hydroxyl groups is 1. The van der Waals surface area contributed by atoms with E-state index in [4.69, 9.17) is 75.8 Å². The number of nitrogens with one attached hydrogen (secondary N) is 2. The number of aliphatic hydroxyl groups excluding tert-OH is 1. The number of hydrogen-bond donors (Lipinski definition) is 3. The van der Waals surface area contributed by atoms with Crippen molar-refractivity contribution in [1.82, 2.24) is 10.6 Å². The number of carbonyl (C=O) groups excluding carboxylic acids is 11. The van der Waals surface area contributed by atoms with Gasteiger partial charge in [0.25, 0.3) is 5.79 Å². The number of esters is 9. The molecule has 3 saturated heterocycles. The predicted molar refractivity (Wildman–Crippen MR) is 314 cm³/mol. The van der Waals surface area contributed by atoms with E-state index in [0.717, 1.165) is 55.4 Å². The third-order valence-electron chi connectivity index (χ3n) is 14.0. The maximum absolute atomic E-state index is 15.7. The van der Waals surface area contributed by atoms with E-state index in [9.17, 15) is 53.1 Å². The monoisotopic (exact) mass is 1320 g/mol. The molecule has 510 valence electrons. The molecular weight excluding hydrogens is 1240 g/mol. The summed E-state index contributed by atoms with van der Waals surface area (Å²) < 4.78 is 97.0. The first-order chi connectivity index (χ1) is 43.3. The molecule has 17 atom stereocenters. The third kappa shape index (κ3) is 22.7. The van der Waals surface area contributed by atoms with Crippen molar-refractivity contribution in [3.63, 3.8) is 0 Å². The molecule has 31 heteroatoms. The number of ether oxygens (including phenoxy) is 16. The van der Waals surface area contributed by atoms with Crippen molar-refractivity contribution in [2.24, 2.45) is 0 Å². The fraction of sp³-hybridized carbons (Fsp3) is 0.623. The van der Waals surface area contributed by atoms with Crippen LogP contribution in [0, 0.1) is 0 Å². The van der Waals surface area contributed by atoms with Crippen LogP contribution in [0.3, 0.4) is 0 Å². The van der Waals surface area contributed by atoms with Gasteiger partial charge in [-0.25, -0.2) is 14.4 Å². The molecule has 2 aromatic rings. The maximum atomic E-state index is 15.7. The summed E-state index contributed by atoms with van der Waals surface area (Å²) in [5.74, 6) is -14.4. The van der Waals surface area contributed by atoms with Crippen LogP contribution in [0.5, 0.6) is 0 Å². The van der Waals surface area contributed by atoms with E-state index in [2.05, 4.69) is 30.3 Å². The van der Waals surface area contributed by atoms with Crippen LogP contribution in [0.4, 0.5) is 0 Å². The number of carbonyl (C=O) groups is 11. The summed E-state index contributed by atoms with van der Waals surface area (Å²) in [7, 11) is -1.87. The van der Waals surface area contributed by atoms with Gasteiger partial charge in [-0.2, -0.15) is 0 Å². The van der Waals surface area contributed by atoms with E-state index in [-0.39, 0.29) is 18.8 Å². The van der Waals surface area contributed by atoms with Crippen LogP contribution in [0.2, 0.25) is 25.7 Å². The Balaban J connectivity index is 1.85. The average molecular weight is 1320 g/mol. The van der Waals surface area contributed by atoms with E-state index in [1.165, 1.54) is 19.1 Å². The van der Waals surface area contributed by atoms with Crippen molar-refractivity contribution < 1.29 is 134 Å². The Labute approximate surface area is 532 Å². The van der Waals surface area contributed by atoms with Crippen molar-refractivity contribution in [1.29, 1.82) is 0 Å². The Morgan fingerprint density at radius 2 is 1.23 bits per heavy atom. The van der Waals surface area contributed by atoms with Gasteiger partial charge in [-0.3, -0.25) is 38.4 Å². The summed E-state index contributed by atoms with van der Waals surface area (Å²) in [6, 6.07) is 12.9. The summed E-state index contributed by atoms with van der Waals surface area (Å²) in [6.45, 7) is 14.3. The zero-order valence-electron chi connectivity index (χ0n) is 53.6. The molecule has 0 unspecified atom stereocenters. The van der Waals surface area contributed by atoms with Crippen LogP contribution in [-0.2, 0) is 130 Å². The fourth-order valence-electron chi connectivity index (χ4n) is 10.1. The number of rotatable bonds is 30. The highest BCUT2D eigenvalue weighted by Crippen LogP contribution is 2.42. The zero-order chi connectivity index (χ0) is 68.2. The molecule has 92 heavy (non-hydrogen) atoms. The zero-order valence-corrected chi connectivity index (χ0v) is 54.6. The molecule has 3 aliphatic rings. The third-order valence-corrected chi connectivity index (χ3v) is 15.7. The van der Waals surface area contributed by atoms with Crippen molar-refractivity contribution in [2.75, 3.05) is 33.0 Å². The van der Waals surface area contributed by atoms with Gasteiger partial charge in [-0.05, 0) is 37.6 Å². The van der Waals surface area contributed by atoms with E-state index < -0.39 is 210 Å². The molecule has 3 aliphatic heterocycles. The standard InChI is InChI=1S/C61H84N2O28Si/c1-14-76-56(73)32(2)78-29-44-49(72)52(48(63-34(4)65)58(87-44)77-25-26-92(11,12)13)89-59-55(86-40(10)71)54(51(85-39(9)70)46(88-59)31-80-57(74)42-23-19-16-20-24-42)91-61(60(75)81-28-41-21-17-15-18-22-41)27-43(82-36(6)67)47(62-33(3)64)53(90-61)50(84-38(8)69)45(83-37(7)68)30-79-35(5)66/h15-24,32,43-55,58-59,72H,14,25-31H2,1-13H3,(H,62,64)(H,63,65)/t32-,43-,44+,45+,46+,47+,48+,49-,50+,51-,52+,53+,54-,55+,58+,59-,61-/m0/s1. The summed E-state index contributed by atoms with van der Waals surface area (Å²) >= 11 is 0. The highest BCUT2D eigenvalue weighted by atomic mass is 28.3. The number of amides is 2. The van der Waals surface area contributed by atoms with Crippen LogP contribution in [0.1, 0.15) is 91.6 Å². The lowest BCUT2D eigenvalue weighted by Gasteiger charge is -2.52. The maximum Gasteiger partial charge on any atom is 0.367 e. The van der Waals surface area contributed by atoms with Crippen LogP contribution in [-0.4, -0.2) is 215 Å². The normalized spacial score (nSPS) is 27.2. The smallest absolute Gasteiger partial charge is 0.367 e. The largest absolute Gasteiger partial charge is 0.464 e. The van der Waals surface area contributed by atoms with E-state index in [1.807, 2.05) is 0 Å². The Bertz CT molecular complexity index is 2860. The lowest BCUT2D eigenvalue weighted by Crippen LogP contribution is -2.72. The fourth-order valence-corrected chi connectivity index (χ4v) is 10.8. The van der Waals surface area contributed by atoms with Crippen LogP contribution < -0.4 is 10.6 Å². The number of benzene rings is 2. The first-order valence-corrected chi connectivity index (χ1v) is 33.4. The minimum Gasteiger partial charge on any atom is -0.464 e. The van der Waals surface area contributed by atoms with Gasteiger partial charge < -0.3 is 91.5 Å². The molecule has 0 spiro atoms. The highest BCUT2D eigenvalue weighted by molar-refractivity contribution is 6.76. The van der Waals surface area contributed by atoms with Gasteiger partial charge in [0.2, 0.25) is 11.8 Å². The van der Waals surface area contributed by atoms with Gasteiger partial charge in [0.1, 0.15) is 68.6 Å². The molecule has 0 saturated carbocycles. The molecule has 3 fully saturated rings. The molecule has 0 aliphatic carbocycles. The summed E-state index contributed by atoms with van der Waals surface area (Å²) in [5.41, 5.74) is 0.390. The minimum atomic E-state index is -3.21. The second kappa shape index (κ2) is 35.0. The van der Waals surface area contributed by atoms with Crippen LogP contribution in [0.15, 0.2) is 60.7 Å². The molecule has 3 N–H and O–H groups in total. The summed E-state index contributed by atoms with van der Waals surface area (Å²) in [6.07, 6.45) is -27.6. The number of hydrogen-bond acceptors (Lipinski definition) is 28. The van der Waals surface area contributed by atoms with E-state index in [0.29, 0.717) is 11.6 Å². The molecule has 5 rings (SSSR count). The second-order valence-electron chi connectivity index (χ2n) is 23.0. The Kier molecular flexibility index (Phi) is 28.6. The van der Waals surface area contributed by atoms with Crippen LogP contribution in [0.25, 0.3) is 0 Å². The summed E-state index contributed by atoms with van der Waals surface area (Å²) in [5, 5.41) is 17.8. The lowest BCUT2D eigenvalue weighted by atomic mass is 9.87. The Morgan fingerprint density at radius 1 is 0.641 bits per heavy atom. The minimum absolute atomic E-state index is 0.00677. The Hall–Kier alpha value is -7.49. The molecular formula is C61H84N2O28Si. The van der Waals surface area contributed by atoms with Gasteiger partial charge in [0, 0.05) is 70.1 Å². The highest BCUT2D eigenvalue weighted by Gasteiger charge is 2.64. The van der Waals surface area contributed by atoms with E-state index >= 15 is 4.79 Å². The van der Waals surface area contributed by atoms with Crippen molar-refractivity contribution >= 4 is 73.6 Å². The average Bonchev–Trinajstić information content (AvgIpc) is 0.755. The van der Waals surface area contributed by atoms with Gasteiger partial charge in [0.15, 0.2) is 43.1 Å². The first kappa shape index (κ1) is 75.2. The Morgan fingerprint density at radius 3 is 1.79 bits per heavy atom. The van der Waals surface area contributed by atoms with E-state index in [1.54, 1.807) is 55.5 Å². The lowest BCUT2D eigenvalue weighted by molar-refractivity contribution is -0.382. The molecule has 2 aromatic carbocycles. The van der Waals surface area contributed by atoms with Crippen molar-refractivity contribution in [3.8, 4) is 0 Å². The topological polar surface area (TPSA) is 380 Å². The second-order valence-corrected chi connectivity index (χ2v) is 28.6. The molecule has 2 amide bonds. The van der Waals surface area contributed by atoms with Crippen molar-refractivity contribution in [2.45, 2.75) is 212 Å². The van der Waals surface area contributed by atoms with Gasteiger partial charge in [-0.15, -0.1) is 0 Å². The van der Waals surface area contributed by atoms with Gasteiger partial charge in [0.05, 0.1) is 31.2 Å². The first-order valence-electron chi connectivity index (χ1n) is 29.7. The quantitative estimate of drug-likeness (QED) is 0.0573. The SMILES string of the molecule is CCOC(=O)[C@H](C)OC[C@H]1O[C@@H](OCC[Si](C)(C)C)[C@H](NC(C)=O)[C@@H](O[C@@H]2O[C@H](COC(=O)c3ccccc3)[C@H](OC(C)=O)[C@H](O[C@]3(C(=O)OCc4ccccc4)C[C@H](OC(C)=O)[C@@H](NC(C)=O)[C@H]([C@H](OC(C)=O)[C@@H](COC(C)=O)OC(C)=O)O3)[C@H]2OC(C)=O)[C@H]1O. The summed E-state index contributed by atoms with van der Waals surface area (Å²) in [4.78, 5) is 148. The van der Waals surface area contributed by atoms with Crippen molar-refractivity contribution in [3.05, 3.63) is 71.8 Å². The molecule has 0 radical (unpaired) electrons. The van der Waals surface area contributed by atoms with Gasteiger partial charge >= 0.3 is 53.7 Å². The predicted octanol–water partition coefficient (Wildman–Crippen LogP) is 2.21. The molecule has 3 heterocycles. The van der Waals surface area contributed by atoms with Gasteiger partial charge in [-0.1, -0.05) is 68.2 Å². The molecule has 0 aromatic heterocycles. The van der Waals surface area contributed by atoms with Crippen LogP contribution >= 0.6 is 0 Å². The molecule has 0 bridgehead atoms.